The minimum Gasteiger partial charge on any atom is -1.00 e. The van der Waals surface area contributed by atoms with Crippen LogP contribution in [0, 0.1) is 0 Å². The van der Waals surface area contributed by atoms with Crippen molar-refractivity contribution < 1.29 is 17.0 Å². The van der Waals surface area contributed by atoms with E-state index in [0.717, 1.165) is 0 Å². The van der Waals surface area contributed by atoms with Crippen LogP contribution in [0.15, 0.2) is 30.3 Å². The van der Waals surface area contributed by atoms with Gasteiger partial charge in [0.05, 0.1) is 0 Å². The van der Waals surface area contributed by atoms with Gasteiger partial charge in [0.25, 0.3) is 0 Å². The highest BCUT2D eigenvalue weighted by atomic mass is 79.9. The monoisotopic (exact) mass is 574 g/mol. The maximum Gasteiger partial charge on any atom is -0.0279 e. The molecule has 202 valence electrons. The molecule has 1 unspecified atom stereocenters. The van der Waals surface area contributed by atoms with Gasteiger partial charge in [0.15, 0.2) is 0 Å². The van der Waals surface area contributed by atoms with E-state index in [0.29, 0.717) is 7.92 Å². The van der Waals surface area contributed by atoms with Crippen LogP contribution in [0.25, 0.3) is 0 Å². The average Bonchev–Trinajstić information content (AvgIpc) is 2.82. The van der Waals surface area contributed by atoms with E-state index in [9.17, 15) is 0 Å². The van der Waals surface area contributed by atoms with Gasteiger partial charge in [-0.15, -0.1) is 7.92 Å². The summed E-state index contributed by atoms with van der Waals surface area (Å²) in [6, 6.07) is 11.0. The maximum absolute atomic E-state index is 2.32. The Balaban J connectivity index is 0. The van der Waals surface area contributed by atoms with Crippen molar-refractivity contribution in [2.24, 2.45) is 0 Å². The Hall–Kier alpha value is 0.560. The molecule has 0 aliphatic rings. The van der Waals surface area contributed by atoms with Crippen molar-refractivity contribution in [1.29, 1.82) is 0 Å². The van der Waals surface area contributed by atoms with E-state index < -0.39 is 0 Å². The van der Waals surface area contributed by atoms with E-state index >= 15 is 0 Å². The summed E-state index contributed by atoms with van der Waals surface area (Å²) in [5.41, 5.74) is 1.51. The summed E-state index contributed by atoms with van der Waals surface area (Å²) in [6.07, 6.45) is 33.7. The number of benzene rings is 1. The lowest BCUT2D eigenvalue weighted by atomic mass is 10.0. The lowest BCUT2D eigenvalue weighted by Gasteiger charge is -2.18. The van der Waals surface area contributed by atoms with Gasteiger partial charge in [-0.1, -0.05) is 140 Å². The summed E-state index contributed by atoms with van der Waals surface area (Å²) in [5.74, 6) is 0. The fourth-order valence-electron chi connectivity index (χ4n) is 4.76. The molecule has 3 heteroatoms. The van der Waals surface area contributed by atoms with Crippen LogP contribution in [0.2, 0.25) is 0 Å². The van der Waals surface area contributed by atoms with Crippen LogP contribution < -0.4 is 17.0 Å². The lowest BCUT2D eigenvalue weighted by Crippen LogP contribution is -3.00. The fourth-order valence-corrected chi connectivity index (χ4v) is 7.44. The van der Waals surface area contributed by atoms with Gasteiger partial charge in [-0.2, -0.15) is 0 Å². The van der Waals surface area contributed by atoms with Gasteiger partial charge in [0.2, 0.25) is 0 Å². The summed E-state index contributed by atoms with van der Waals surface area (Å²) in [4.78, 5) is 0. The Morgan fingerprint density at radius 1 is 0.471 bits per heavy atom. The standard InChI is InChI=1S/C31H57P.BrH.H3P/c1-3-5-7-9-15-22-28-32(29-23-16-10-8-6-4-2)30-24-17-13-11-12-14-19-25-31-26-20-18-21-27-31;;/h18,20-21,26-27H,3-17,19,22-25,28-30H2,1-2H3;1H;1H3. The Morgan fingerprint density at radius 2 is 0.824 bits per heavy atom. The second-order valence-corrected chi connectivity index (χ2v) is 12.8. The lowest BCUT2D eigenvalue weighted by molar-refractivity contribution is -0.00000713. The van der Waals surface area contributed by atoms with Crippen LogP contribution in [-0.4, -0.2) is 18.5 Å². The van der Waals surface area contributed by atoms with Gasteiger partial charge < -0.3 is 17.0 Å². The molecule has 1 rings (SSSR count). The van der Waals surface area contributed by atoms with E-state index in [4.69, 9.17) is 0 Å². The first-order chi connectivity index (χ1) is 15.9. The number of hydrogen-bond acceptors (Lipinski definition) is 0. The van der Waals surface area contributed by atoms with Crippen LogP contribution in [0.3, 0.4) is 0 Å². The highest BCUT2D eigenvalue weighted by Crippen LogP contribution is 2.39. The van der Waals surface area contributed by atoms with Crippen molar-refractivity contribution in [2.45, 2.75) is 142 Å². The smallest absolute Gasteiger partial charge is 0.0279 e. The second-order valence-electron chi connectivity index (χ2n) is 10.1. The van der Waals surface area contributed by atoms with Crippen molar-refractivity contribution in [3.63, 3.8) is 0 Å². The Bertz CT molecular complexity index is 464. The van der Waals surface area contributed by atoms with Crippen LogP contribution >= 0.6 is 17.8 Å². The molecule has 0 nitrogen and oxygen atoms in total. The number of halogens is 1. The van der Waals surface area contributed by atoms with Gasteiger partial charge in [-0.05, 0) is 66.1 Å². The number of aryl methyl sites for hydroxylation is 1. The zero-order valence-corrected chi connectivity index (χ0v) is 28.0. The molecule has 1 atom stereocenters. The summed E-state index contributed by atoms with van der Waals surface area (Å²) in [6.45, 7) is 4.65. The highest BCUT2D eigenvalue weighted by molar-refractivity contribution is 7.57. The molecule has 0 saturated carbocycles. The molecule has 0 aromatic heterocycles. The molecule has 0 heterocycles. The first-order valence-corrected chi connectivity index (χ1v) is 16.5. The number of hydrogen-bond donors (Lipinski definition) is 0. The molecule has 0 amide bonds. The molecular weight excluding hydrogens is 514 g/mol. The first kappa shape index (κ1) is 36.7. The zero-order chi connectivity index (χ0) is 23.0. The molecule has 0 N–H and O–H groups in total. The number of rotatable bonds is 24. The normalized spacial score (nSPS) is 10.8. The Labute approximate surface area is 230 Å². The third-order valence-corrected chi connectivity index (χ3v) is 9.78. The third-order valence-electron chi connectivity index (χ3n) is 6.94. The molecular formula is C31H61BrP2. The molecule has 0 fully saturated rings. The molecule has 0 aliphatic heterocycles. The highest BCUT2D eigenvalue weighted by Gasteiger charge is 2.08. The van der Waals surface area contributed by atoms with E-state index in [1.54, 1.807) is 18.5 Å². The molecule has 34 heavy (non-hydrogen) atoms. The Kier molecular flexibility index (Phi) is 32.2. The van der Waals surface area contributed by atoms with Crippen molar-refractivity contribution in [2.75, 3.05) is 18.5 Å². The molecule has 0 radical (unpaired) electrons. The summed E-state index contributed by atoms with van der Waals surface area (Å²) >= 11 is 0. The summed E-state index contributed by atoms with van der Waals surface area (Å²) in [5, 5.41) is 0. The third kappa shape index (κ3) is 24.3. The van der Waals surface area contributed by atoms with Crippen LogP contribution in [0.5, 0.6) is 0 Å². The van der Waals surface area contributed by atoms with Gasteiger partial charge in [-0.3, -0.25) is 0 Å². The summed E-state index contributed by atoms with van der Waals surface area (Å²) in [7, 11) is 0.334. The van der Waals surface area contributed by atoms with Gasteiger partial charge in [0.1, 0.15) is 0 Å². The predicted molar refractivity (Wildman–Crippen MR) is 163 cm³/mol. The van der Waals surface area contributed by atoms with Crippen molar-refractivity contribution in [3.8, 4) is 0 Å². The van der Waals surface area contributed by atoms with Crippen LogP contribution in [-0.2, 0) is 6.42 Å². The van der Waals surface area contributed by atoms with Gasteiger partial charge >= 0.3 is 0 Å². The van der Waals surface area contributed by atoms with E-state index in [1.807, 2.05) is 0 Å². The zero-order valence-electron chi connectivity index (χ0n) is 23.5. The fraction of sp³-hybridized carbons (Fsp3) is 0.806. The number of unbranched alkanes of at least 4 members (excludes halogenated alkanes) is 16. The van der Waals surface area contributed by atoms with E-state index in [1.165, 1.54) is 134 Å². The molecule has 1 aromatic rings. The van der Waals surface area contributed by atoms with Crippen LogP contribution in [0.4, 0.5) is 0 Å². The van der Waals surface area contributed by atoms with E-state index in [-0.39, 0.29) is 26.9 Å². The van der Waals surface area contributed by atoms with Gasteiger partial charge in [-0.25, -0.2) is 0 Å². The first-order valence-electron chi connectivity index (χ1n) is 14.6. The minimum atomic E-state index is 0. The molecule has 1 aromatic carbocycles. The Morgan fingerprint density at radius 3 is 1.24 bits per heavy atom. The molecule has 0 saturated heterocycles. The predicted octanol–water partition coefficient (Wildman–Crippen LogP) is 7.96. The minimum absolute atomic E-state index is 0. The van der Waals surface area contributed by atoms with E-state index in [2.05, 4.69) is 44.2 Å². The van der Waals surface area contributed by atoms with Crippen molar-refractivity contribution >= 4 is 17.8 Å². The van der Waals surface area contributed by atoms with Crippen molar-refractivity contribution in [3.05, 3.63) is 35.9 Å². The molecule has 0 aliphatic carbocycles. The largest absolute Gasteiger partial charge is 1.00 e. The molecule has 0 spiro atoms. The quantitative estimate of drug-likeness (QED) is 0.0867. The van der Waals surface area contributed by atoms with Crippen LogP contribution in [0.1, 0.15) is 141 Å². The second kappa shape index (κ2) is 29.8. The van der Waals surface area contributed by atoms with Crippen molar-refractivity contribution in [1.82, 2.24) is 0 Å². The molecule has 0 bridgehead atoms. The SMILES string of the molecule is CCCCCCCCP(CCCCCCCC)CCCCCCCCCc1ccccc1.[Br-].[PH4+]. The average molecular weight is 576 g/mol. The van der Waals surface area contributed by atoms with Gasteiger partial charge in [0, 0.05) is 0 Å². The topological polar surface area (TPSA) is 0 Å². The summed E-state index contributed by atoms with van der Waals surface area (Å²) < 4.78 is 0. The maximum atomic E-state index is 2.32.